The van der Waals surface area contributed by atoms with Crippen LogP contribution in [-0.2, 0) is 4.79 Å². The highest BCUT2D eigenvalue weighted by atomic mass is 16.5. The van der Waals surface area contributed by atoms with Crippen LogP contribution in [0, 0.1) is 0 Å². The highest BCUT2D eigenvalue weighted by Crippen LogP contribution is 2.17. The lowest BCUT2D eigenvalue weighted by molar-refractivity contribution is -0.131. The Balaban J connectivity index is 2.51. The molecule has 16 heavy (non-hydrogen) atoms. The number of benzene rings is 1. The molecule has 0 aromatic heterocycles. The van der Waals surface area contributed by atoms with Crippen LogP contribution in [0.1, 0.15) is 6.92 Å². The smallest absolute Gasteiger partial charge is 0.328 e. The van der Waals surface area contributed by atoms with Gasteiger partial charge in [-0.1, -0.05) is 0 Å². The first-order chi connectivity index (χ1) is 7.61. The summed E-state index contributed by atoms with van der Waals surface area (Å²) in [4.78, 5) is 10.4. The molecule has 0 spiro atoms. The Kier molecular flexibility index (Phi) is 4.39. The van der Waals surface area contributed by atoms with Crippen LogP contribution in [0.3, 0.4) is 0 Å². The number of hydrogen-bond acceptors (Lipinski definition) is 3. The minimum atomic E-state index is -0.962. The number of ether oxygens (including phenoxy) is 2. The van der Waals surface area contributed by atoms with Crippen LogP contribution in [0.15, 0.2) is 35.9 Å². The van der Waals surface area contributed by atoms with Crippen molar-refractivity contribution in [3.63, 3.8) is 0 Å². The summed E-state index contributed by atoms with van der Waals surface area (Å²) in [7, 11) is 1.59. The molecule has 0 aliphatic rings. The molecule has 0 amide bonds. The van der Waals surface area contributed by atoms with E-state index in [0.717, 1.165) is 11.8 Å². The molecule has 86 valence electrons. The van der Waals surface area contributed by atoms with Crippen molar-refractivity contribution in [3.8, 4) is 11.5 Å². The van der Waals surface area contributed by atoms with Crippen LogP contribution < -0.4 is 9.47 Å². The van der Waals surface area contributed by atoms with Gasteiger partial charge in [0.2, 0.25) is 0 Å². The van der Waals surface area contributed by atoms with Crippen LogP contribution in [0.2, 0.25) is 0 Å². The summed E-state index contributed by atoms with van der Waals surface area (Å²) in [6, 6.07) is 7.11. The van der Waals surface area contributed by atoms with Crippen molar-refractivity contribution in [1.29, 1.82) is 0 Å². The van der Waals surface area contributed by atoms with Gasteiger partial charge < -0.3 is 14.6 Å². The van der Waals surface area contributed by atoms with Gasteiger partial charge in [-0.25, -0.2) is 4.79 Å². The Morgan fingerprint density at radius 2 is 1.88 bits per heavy atom. The summed E-state index contributed by atoms with van der Waals surface area (Å²) in [6.45, 7) is 1.97. The van der Waals surface area contributed by atoms with E-state index in [9.17, 15) is 4.79 Å². The molecule has 0 aliphatic carbocycles. The van der Waals surface area contributed by atoms with E-state index in [1.165, 1.54) is 0 Å². The Morgan fingerprint density at radius 1 is 1.31 bits per heavy atom. The van der Waals surface area contributed by atoms with Crippen LogP contribution in [-0.4, -0.2) is 24.8 Å². The molecule has 0 aliphatic heterocycles. The van der Waals surface area contributed by atoms with Crippen molar-refractivity contribution >= 4 is 5.97 Å². The van der Waals surface area contributed by atoms with Crippen LogP contribution in [0.4, 0.5) is 0 Å². The van der Waals surface area contributed by atoms with Gasteiger partial charge in [-0.15, -0.1) is 0 Å². The molecule has 1 aromatic carbocycles. The van der Waals surface area contributed by atoms with Gasteiger partial charge in [0, 0.05) is 6.08 Å². The molecular weight excluding hydrogens is 208 g/mol. The molecule has 0 saturated heterocycles. The van der Waals surface area contributed by atoms with E-state index < -0.39 is 5.97 Å². The topological polar surface area (TPSA) is 55.8 Å². The number of carbonyl (C=O) groups is 1. The largest absolute Gasteiger partial charge is 0.497 e. The van der Waals surface area contributed by atoms with Gasteiger partial charge in [-0.05, 0) is 36.8 Å². The zero-order chi connectivity index (χ0) is 12.0. The summed E-state index contributed by atoms with van der Waals surface area (Å²) in [5.41, 5.74) is 0.656. The number of hydrogen-bond donors (Lipinski definition) is 1. The zero-order valence-electron chi connectivity index (χ0n) is 9.27. The second-order valence-corrected chi connectivity index (χ2v) is 3.29. The lowest BCUT2D eigenvalue weighted by atomic mass is 10.3. The first-order valence-electron chi connectivity index (χ1n) is 4.79. The summed E-state index contributed by atoms with van der Waals surface area (Å²) < 4.78 is 10.4. The molecular formula is C12H14O4. The molecule has 1 rings (SSSR count). The molecule has 0 atom stereocenters. The minimum absolute atomic E-state index is 0.263. The van der Waals surface area contributed by atoms with Crippen molar-refractivity contribution < 1.29 is 19.4 Å². The Bertz CT molecular complexity index is 379. The molecule has 1 N–H and O–H groups in total. The molecule has 4 nitrogen and oxygen atoms in total. The van der Waals surface area contributed by atoms with Crippen molar-refractivity contribution in [2.75, 3.05) is 13.7 Å². The molecule has 0 saturated carbocycles. The van der Waals surface area contributed by atoms with Crippen molar-refractivity contribution in [2.24, 2.45) is 0 Å². The number of carboxylic acids is 1. The number of carboxylic acid groups (broad SMARTS) is 1. The zero-order valence-corrected chi connectivity index (χ0v) is 9.27. The van der Waals surface area contributed by atoms with Gasteiger partial charge in [0.25, 0.3) is 0 Å². The Morgan fingerprint density at radius 3 is 2.38 bits per heavy atom. The molecule has 1 aromatic rings. The second-order valence-electron chi connectivity index (χ2n) is 3.29. The fourth-order valence-corrected chi connectivity index (χ4v) is 1.12. The first kappa shape index (κ1) is 12.1. The minimum Gasteiger partial charge on any atom is -0.497 e. The standard InChI is InChI=1S/C12H14O4/c1-9(7-12(13)14)8-16-11-5-3-10(15-2)4-6-11/h3-7H,8H2,1-2H3,(H,13,14). The Labute approximate surface area is 94.1 Å². The average Bonchev–Trinajstić information content (AvgIpc) is 2.26. The predicted molar refractivity (Wildman–Crippen MR) is 59.9 cm³/mol. The predicted octanol–water partition coefficient (Wildman–Crippen LogP) is 2.10. The number of rotatable bonds is 5. The van der Waals surface area contributed by atoms with E-state index in [-0.39, 0.29) is 6.61 Å². The van der Waals surface area contributed by atoms with Crippen LogP contribution >= 0.6 is 0 Å². The van der Waals surface area contributed by atoms with Crippen molar-refractivity contribution in [3.05, 3.63) is 35.9 Å². The third-order valence-electron chi connectivity index (χ3n) is 1.90. The maximum absolute atomic E-state index is 10.4. The highest BCUT2D eigenvalue weighted by molar-refractivity contribution is 5.80. The fraction of sp³-hybridized carbons (Fsp3) is 0.250. The number of aliphatic carboxylic acids is 1. The van der Waals surface area contributed by atoms with Gasteiger partial charge in [0.1, 0.15) is 18.1 Å². The SMILES string of the molecule is COc1ccc(OCC(C)=CC(=O)O)cc1. The van der Waals surface area contributed by atoms with Gasteiger partial charge >= 0.3 is 5.97 Å². The summed E-state index contributed by atoms with van der Waals surface area (Å²) in [6.07, 6.45) is 1.13. The van der Waals surface area contributed by atoms with E-state index >= 15 is 0 Å². The van der Waals surface area contributed by atoms with Crippen LogP contribution in [0.5, 0.6) is 11.5 Å². The van der Waals surface area contributed by atoms with E-state index in [1.807, 2.05) is 0 Å². The van der Waals surface area contributed by atoms with E-state index in [2.05, 4.69) is 0 Å². The normalized spacial score (nSPS) is 11.0. The van der Waals surface area contributed by atoms with Crippen molar-refractivity contribution in [2.45, 2.75) is 6.92 Å². The molecule has 4 heteroatoms. The van der Waals surface area contributed by atoms with E-state index in [4.69, 9.17) is 14.6 Å². The maximum Gasteiger partial charge on any atom is 0.328 e. The lowest BCUT2D eigenvalue weighted by Gasteiger charge is -2.06. The van der Waals surface area contributed by atoms with Gasteiger partial charge in [-0.3, -0.25) is 0 Å². The molecule has 0 heterocycles. The fourth-order valence-electron chi connectivity index (χ4n) is 1.12. The maximum atomic E-state index is 10.4. The second kappa shape index (κ2) is 5.80. The average molecular weight is 222 g/mol. The highest BCUT2D eigenvalue weighted by Gasteiger charge is 1.97. The van der Waals surface area contributed by atoms with Gasteiger partial charge in [-0.2, -0.15) is 0 Å². The molecule has 0 bridgehead atoms. The quantitative estimate of drug-likeness (QED) is 0.775. The van der Waals surface area contributed by atoms with Crippen molar-refractivity contribution in [1.82, 2.24) is 0 Å². The monoisotopic (exact) mass is 222 g/mol. The lowest BCUT2D eigenvalue weighted by Crippen LogP contribution is -2.01. The summed E-state index contributed by atoms with van der Waals surface area (Å²) in [5, 5.41) is 8.50. The molecule has 0 unspecified atom stereocenters. The number of methoxy groups -OCH3 is 1. The van der Waals surface area contributed by atoms with Crippen LogP contribution in [0.25, 0.3) is 0 Å². The van der Waals surface area contributed by atoms with E-state index in [1.54, 1.807) is 38.3 Å². The molecule has 0 radical (unpaired) electrons. The van der Waals surface area contributed by atoms with Gasteiger partial charge in [0.15, 0.2) is 0 Å². The summed E-state index contributed by atoms with van der Waals surface area (Å²) >= 11 is 0. The Hall–Kier alpha value is -1.97. The summed E-state index contributed by atoms with van der Waals surface area (Å²) in [5.74, 6) is 0.472. The van der Waals surface area contributed by atoms with Gasteiger partial charge in [0.05, 0.1) is 7.11 Å². The molecule has 0 fully saturated rings. The first-order valence-corrected chi connectivity index (χ1v) is 4.79. The third-order valence-corrected chi connectivity index (χ3v) is 1.90. The van der Waals surface area contributed by atoms with E-state index in [0.29, 0.717) is 11.3 Å². The third kappa shape index (κ3) is 4.04.